The molecule has 5 rings (SSSR count). The summed E-state index contributed by atoms with van der Waals surface area (Å²) in [5, 5.41) is 1.07. The van der Waals surface area contributed by atoms with E-state index in [2.05, 4.69) is 109 Å². The Bertz CT molecular complexity index is 1520. The molecular weight excluding hydrogens is 503 g/mol. The van der Waals surface area contributed by atoms with Gasteiger partial charge in [-0.3, -0.25) is 4.57 Å². The van der Waals surface area contributed by atoms with Gasteiger partial charge < -0.3 is 0 Å². The normalized spacial score (nSPS) is 12.1. The number of rotatable bonds is 5. The van der Waals surface area contributed by atoms with Gasteiger partial charge in [-0.15, -0.1) is 23.6 Å². The van der Waals surface area contributed by atoms with Crippen molar-refractivity contribution in [3.05, 3.63) is 102 Å². The van der Waals surface area contributed by atoms with Crippen LogP contribution in [0.15, 0.2) is 73.1 Å². The number of hydrogen-bond acceptors (Lipinski definition) is 0. The third kappa shape index (κ3) is 4.45. The fraction of sp³-hybridized carbons (Fsp3) is 0.258. The van der Waals surface area contributed by atoms with Crippen LogP contribution in [0.5, 0.6) is 0 Å². The van der Waals surface area contributed by atoms with E-state index in [9.17, 15) is 0 Å². The summed E-state index contributed by atoms with van der Waals surface area (Å²) in [6.07, 6.45) is 4.21. The summed E-state index contributed by atoms with van der Waals surface area (Å²) < 4.78 is 15.7. The maximum absolute atomic E-state index is 8.96. The Hall–Kier alpha value is -2.49. The minimum atomic E-state index is -0.753. The zero-order valence-corrected chi connectivity index (χ0v) is 24.3. The summed E-state index contributed by atoms with van der Waals surface area (Å²) in [4.78, 5) is 0. The van der Waals surface area contributed by atoms with Crippen molar-refractivity contribution in [3.63, 3.8) is 0 Å². The van der Waals surface area contributed by atoms with Crippen LogP contribution in [0.4, 0.5) is 0 Å². The molecule has 35 heavy (non-hydrogen) atoms. The molecule has 0 aliphatic heterocycles. The van der Waals surface area contributed by atoms with Crippen LogP contribution < -0.4 is 4.57 Å². The van der Waals surface area contributed by atoms with Gasteiger partial charge in [-0.05, 0) is 29.9 Å². The van der Waals surface area contributed by atoms with Crippen LogP contribution in [0.2, 0.25) is 0 Å². The van der Waals surface area contributed by atoms with Crippen LogP contribution in [0.1, 0.15) is 57.6 Å². The van der Waals surface area contributed by atoms with E-state index in [1.807, 2.05) is 32.0 Å². The van der Waals surface area contributed by atoms with Gasteiger partial charge in [-0.1, -0.05) is 63.2 Å². The van der Waals surface area contributed by atoms with E-state index >= 15 is 0 Å². The van der Waals surface area contributed by atoms with Gasteiger partial charge in [-0.25, -0.2) is 9.13 Å². The van der Waals surface area contributed by atoms with Gasteiger partial charge in [0, 0.05) is 39.6 Å². The van der Waals surface area contributed by atoms with Crippen molar-refractivity contribution in [2.45, 2.75) is 46.4 Å². The number of aryl methyl sites for hydroxylation is 2. The van der Waals surface area contributed by atoms with Crippen LogP contribution in [-0.4, -0.2) is 9.13 Å². The monoisotopic (exact) mass is 536 g/mol. The third-order valence-corrected chi connectivity index (χ3v) is 6.54. The molecule has 3 aromatic carbocycles. The smallest absolute Gasteiger partial charge is 0.296 e. The number of benzene rings is 3. The summed E-state index contributed by atoms with van der Waals surface area (Å²) in [6, 6.07) is 27.9. The van der Waals surface area contributed by atoms with Gasteiger partial charge >= 0.3 is 5.95 Å². The predicted molar refractivity (Wildman–Crippen MR) is 140 cm³/mol. The molecule has 2 aromatic heterocycles. The molecule has 0 spiro atoms. The Labute approximate surface area is 235 Å². The Morgan fingerprint density at radius 2 is 1.69 bits per heavy atom. The van der Waals surface area contributed by atoms with Crippen molar-refractivity contribution >= 4 is 10.9 Å². The maximum Gasteiger partial charge on any atom is 0.356 e. The zero-order chi connectivity index (χ0) is 24.9. The zero-order valence-electron chi connectivity index (χ0n) is 22.4. The summed E-state index contributed by atoms with van der Waals surface area (Å²) in [6.45, 7) is 10.5. The van der Waals surface area contributed by atoms with E-state index in [4.69, 9.17) is 1.37 Å². The molecule has 4 heteroatoms. The molecule has 0 bridgehead atoms. The van der Waals surface area contributed by atoms with Crippen LogP contribution in [-0.2, 0) is 39.8 Å². The maximum atomic E-state index is 8.96. The molecule has 0 saturated heterocycles. The van der Waals surface area contributed by atoms with Crippen molar-refractivity contribution in [1.29, 1.82) is 0 Å². The second kappa shape index (κ2) is 10.2. The Balaban J connectivity index is 0.00000304. The SMILES string of the molecule is [2H]C(C)(C)c1cccc(C(C)C)c1-n1cc[n+](C)c1-n1c(-c2[c-]cccc2)[c-]c2cccc(C)c21.[Y]. The van der Waals surface area contributed by atoms with Crippen molar-refractivity contribution < 1.29 is 38.6 Å². The summed E-state index contributed by atoms with van der Waals surface area (Å²) in [5.41, 5.74) is 7.59. The molecule has 0 aliphatic carbocycles. The Morgan fingerprint density at radius 1 is 0.943 bits per heavy atom. The average Bonchev–Trinajstić information content (AvgIpc) is 3.39. The van der Waals surface area contributed by atoms with Gasteiger partial charge in [0.2, 0.25) is 0 Å². The first kappa shape index (κ1) is 24.2. The van der Waals surface area contributed by atoms with E-state index in [1.54, 1.807) is 0 Å². The molecule has 0 fully saturated rings. The molecule has 0 unspecified atom stereocenters. The molecular formula is C31H32N3Y-. The van der Waals surface area contributed by atoms with Crippen molar-refractivity contribution in [2.75, 3.05) is 0 Å². The van der Waals surface area contributed by atoms with Crippen molar-refractivity contribution in [2.24, 2.45) is 7.05 Å². The molecule has 0 aliphatic rings. The van der Waals surface area contributed by atoms with E-state index < -0.39 is 5.89 Å². The fourth-order valence-electron chi connectivity index (χ4n) is 4.89. The van der Waals surface area contributed by atoms with E-state index in [0.717, 1.165) is 39.4 Å². The number of aromatic nitrogens is 3. The van der Waals surface area contributed by atoms with Gasteiger partial charge in [0.05, 0.1) is 13.2 Å². The molecule has 0 saturated carbocycles. The van der Waals surface area contributed by atoms with Crippen molar-refractivity contribution in [3.8, 4) is 22.9 Å². The van der Waals surface area contributed by atoms with Crippen LogP contribution in [0.3, 0.4) is 0 Å². The second-order valence-corrected chi connectivity index (χ2v) is 9.53. The minimum absolute atomic E-state index is 0. The van der Waals surface area contributed by atoms with E-state index in [0.29, 0.717) is 5.92 Å². The Morgan fingerprint density at radius 3 is 2.37 bits per heavy atom. The summed E-state index contributed by atoms with van der Waals surface area (Å²) in [7, 11) is 2.08. The quantitative estimate of drug-likeness (QED) is 0.169. The number of hydrogen-bond donors (Lipinski definition) is 0. The first-order chi connectivity index (χ1) is 16.7. The molecule has 1 radical (unpaired) electrons. The molecule has 0 N–H and O–H groups in total. The van der Waals surface area contributed by atoms with Crippen LogP contribution >= 0.6 is 0 Å². The van der Waals surface area contributed by atoms with Crippen molar-refractivity contribution in [1.82, 2.24) is 9.13 Å². The van der Waals surface area contributed by atoms with Crippen LogP contribution in [0, 0.1) is 19.1 Å². The molecule has 2 heterocycles. The number of para-hydroxylation sites is 2. The van der Waals surface area contributed by atoms with Gasteiger partial charge in [0.15, 0.2) is 0 Å². The Kier molecular flexibility index (Phi) is 7.09. The second-order valence-electron chi connectivity index (χ2n) is 9.53. The molecule has 5 aromatic rings. The largest absolute Gasteiger partial charge is 0.356 e. The molecule has 0 amide bonds. The molecule has 175 valence electrons. The van der Waals surface area contributed by atoms with E-state index in [1.165, 1.54) is 11.1 Å². The van der Waals surface area contributed by atoms with Gasteiger partial charge in [0.25, 0.3) is 0 Å². The van der Waals surface area contributed by atoms with Gasteiger partial charge in [0.1, 0.15) is 11.9 Å². The number of imidazole rings is 1. The summed E-state index contributed by atoms with van der Waals surface area (Å²) >= 11 is 0. The molecule has 3 nitrogen and oxygen atoms in total. The predicted octanol–water partition coefficient (Wildman–Crippen LogP) is 7.07. The number of fused-ring (bicyclic) bond motifs is 1. The fourth-order valence-corrected chi connectivity index (χ4v) is 4.89. The topological polar surface area (TPSA) is 13.7 Å². The standard InChI is InChI=1S/C31H32N3.Y/c1-21(2)26-16-11-17-27(22(3)4)30(26)33-19-18-32(6)31(33)34-28(24-13-8-7-9-14-24)20-25-15-10-12-23(5)29(25)34;/h7-13,15-19,21-22H,1-6H3;/q-1;/i21D;. The first-order valence-corrected chi connectivity index (χ1v) is 11.9. The average molecular weight is 537 g/mol. The minimum Gasteiger partial charge on any atom is -0.296 e. The van der Waals surface area contributed by atoms with E-state index in [-0.39, 0.29) is 32.7 Å². The first-order valence-electron chi connectivity index (χ1n) is 12.4. The summed E-state index contributed by atoms with van der Waals surface area (Å²) in [5.74, 6) is 0.554. The number of nitrogens with zero attached hydrogens (tertiary/aromatic N) is 3. The third-order valence-electron chi connectivity index (χ3n) is 6.54. The molecule has 0 atom stereocenters. The van der Waals surface area contributed by atoms with Gasteiger partial charge in [-0.2, -0.15) is 35.9 Å². The van der Waals surface area contributed by atoms with Crippen LogP contribution in [0.25, 0.3) is 33.8 Å².